The standard InChI is InChI=1S/C11H6F6.C8H7Cl2NO/c1-2-3-7-4-8(10(12,13)14)6-9(5-7)11(15,16)17;1-11-4-5-2-6(9)3-7(10)8(5)12/h4-6H,1H3;2-4,12H,1H3. The molecule has 2 aromatic rings. The number of nitrogens with zero attached hydrogens (tertiary/aromatic N) is 1. The number of aromatic hydroxyl groups is 1. The summed E-state index contributed by atoms with van der Waals surface area (Å²) in [6, 6.07) is 4.32. The van der Waals surface area contributed by atoms with Gasteiger partial charge in [0.25, 0.3) is 0 Å². The minimum Gasteiger partial charge on any atom is -0.506 e. The van der Waals surface area contributed by atoms with Crippen LogP contribution in [-0.4, -0.2) is 18.4 Å². The van der Waals surface area contributed by atoms with Crippen molar-refractivity contribution < 1.29 is 31.4 Å². The summed E-state index contributed by atoms with van der Waals surface area (Å²) in [5, 5.41) is 10.1. The van der Waals surface area contributed by atoms with Gasteiger partial charge in [-0.25, -0.2) is 0 Å². The summed E-state index contributed by atoms with van der Waals surface area (Å²) in [7, 11) is 1.61. The minimum absolute atomic E-state index is 0.00617. The number of halogens is 8. The maximum atomic E-state index is 12.4. The lowest BCUT2D eigenvalue weighted by Gasteiger charge is -2.12. The van der Waals surface area contributed by atoms with Crippen LogP contribution in [0.15, 0.2) is 35.3 Å². The SMILES string of the molecule is CC#Cc1cc(C(F)(F)F)cc(C(F)(F)F)c1.CN=Cc1cc(Cl)cc(Cl)c1O. The molecule has 0 spiro atoms. The summed E-state index contributed by atoms with van der Waals surface area (Å²) in [6.45, 7) is 1.33. The molecule has 0 bridgehead atoms. The van der Waals surface area contributed by atoms with E-state index in [4.69, 9.17) is 23.2 Å². The Balaban J connectivity index is 0.000000308. The molecule has 2 rings (SSSR count). The number of phenols is 1. The normalized spacial score (nSPS) is 11.5. The molecule has 10 heteroatoms. The molecule has 0 heterocycles. The Morgan fingerprint density at radius 3 is 1.86 bits per heavy atom. The highest BCUT2D eigenvalue weighted by atomic mass is 35.5. The zero-order valence-corrected chi connectivity index (χ0v) is 16.4. The van der Waals surface area contributed by atoms with E-state index >= 15 is 0 Å². The van der Waals surface area contributed by atoms with Crippen LogP contribution in [0, 0.1) is 11.8 Å². The topological polar surface area (TPSA) is 32.6 Å². The molecule has 0 aliphatic carbocycles. The highest BCUT2D eigenvalue weighted by Crippen LogP contribution is 2.36. The molecule has 2 nitrogen and oxygen atoms in total. The van der Waals surface area contributed by atoms with Gasteiger partial charge in [-0.3, -0.25) is 4.99 Å². The molecule has 29 heavy (non-hydrogen) atoms. The number of phenolic OH excluding ortho intramolecular Hbond substituents is 1. The number of benzene rings is 2. The first-order valence-electron chi connectivity index (χ1n) is 7.62. The van der Waals surface area contributed by atoms with Crippen molar-refractivity contribution in [3.63, 3.8) is 0 Å². The van der Waals surface area contributed by atoms with Crippen LogP contribution in [0.2, 0.25) is 10.0 Å². The van der Waals surface area contributed by atoms with E-state index < -0.39 is 23.5 Å². The molecule has 0 aliphatic heterocycles. The van der Waals surface area contributed by atoms with Gasteiger partial charge in [0.05, 0.1) is 16.1 Å². The van der Waals surface area contributed by atoms with Gasteiger partial charge in [0.15, 0.2) is 0 Å². The number of aliphatic imine (C=N–C) groups is 1. The number of alkyl halides is 6. The summed E-state index contributed by atoms with van der Waals surface area (Å²) in [4.78, 5) is 3.75. The smallest absolute Gasteiger partial charge is 0.416 e. The molecule has 0 radical (unpaired) electrons. The van der Waals surface area contributed by atoms with E-state index in [9.17, 15) is 31.4 Å². The molecule has 1 N–H and O–H groups in total. The van der Waals surface area contributed by atoms with E-state index in [2.05, 4.69) is 16.8 Å². The average Bonchev–Trinajstić information content (AvgIpc) is 2.58. The molecule has 2 aromatic carbocycles. The molecular weight excluding hydrogens is 443 g/mol. The molecule has 156 valence electrons. The van der Waals surface area contributed by atoms with Crippen LogP contribution in [0.25, 0.3) is 0 Å². The Kier molecular flexibility index (Phi) is 8.42. The van der Waals surface area contributed by atoms with E-state index in [1.807, 2.05) is 0 Å². The molecular formula is C19H13Cl2F6NO. The Labute approximate surface area is 172 Å². The van der Waals surface area contributed by atoms with Crippen molar-refractivity contribution in [3.8, 4) is 17.6 Å². The first-order valence-corrected chi connectivity index (χ1v) is 8.37. The van der Waals surface area contributed by atoms with Gasteiger partial charge >= 0.3 is 12.4 Å². The molecule has 0 aromatic heterocycles. The monoisotopic (exact) mass is 455 g/mol. The lowest BCUT2D eigenvalue weighted by atomic mass is 10.1. The van der Waals surface area contributed by atoms with E-state index in [0.29, 0.717) is 22.7 Å². The number of rotatable bonds is 1. The van der Waals surface area contributed by atoms with Crippen LogP contribution in [0.1, 0.15) is 29.2 Å². The Hall–Kier alpha value is -2.37. The second-order valence-electron chi connectivity index (χ2n) is 5.38. The Bertz CT molecular complexity index is 924. The quantitative estimate of drug-likeness (QED) is 0.285. The summed E-state index contributed by atoms with van der Waals surface area (Å²) < 4.78 is 74.2. The molecule has 0 saturated carbocycles. The van der Waals surface area contributed by atoms with Gasteiger partial charge in [0.1, 0.15) is 5.75 Å². The molecule has 0 aliphatic rings. The van der Waals surface area contributed by atoms with Crippen LogP contribution in [0.4, 0.5) is 26.3 Å². The predicted octanol–water partition coefficient (Wildman–Crippen LogP) is 6.84. The predicted molar refractivity (Wildman–Crippen MR) is 101 cm³/mol. The van der Waals surface area contributed by atoms with Crippen LogP contribution in [-0.2, 0) is 12.4 Å². The third-order valence-electron chi connectivity index (χ3n) is 3.18. The minimum atomic E-state index is -4.83. The third-order valence-corrected chi connectivity index (χ3v) is 3.69. The largest absolute Gasteiger partial charge is 0.506 e. The molecule has 0 saturated heterocycles. The van der Waals surface area contributed by atoms with Crippen molar-refractivity contribution in [1.29, 1.82) is 0 Å². The van der Waals surface area contributed by atoms with Crippen molar-refractivity contribution in [2.45, 2.75) is 19.3 Å². The second-order valence-corrected chi connectivity index (χ2v) is 6.23. The number of hydrogen-bond donors (Lipinski definition) is 1. The van der Waals surface area contributed by atoms with Crippen LogP contribution >= 0.6 is 23.2 Å². The Morgan fingerprint density at radius 2 is 1.45 bits per heavy atom. The highest BCUT2D eigenvalue weighted by Gasteiger charge is 2.36. The van der Waals surface area contributed by atoms with Crippen LogP contribution < -0.4 is 0 Å². The van der Waals surface area contributed by atoms with Gasteiger partial charge < -0.3 is 5.11 Å². The molecule has 0 unspecified atom stereocenters. The summed E-state index contributed by atoms with van der Waals surface area (Å²) in [6.07, 6.45) is -8.16. The Morgan fingerprint density at radius 1 is 0.931 bits per heavy atom. The summed E-state index contributed by atoms with van der Waals surface area (Å²) in [5.74, 6) is 4.45. The molecule has 0 amide bonds. The average molecular weight is 456 g/mol. The van der Waals surface area contributed by atoms with E-state index in [-0.39, 0.29) is 22.4 Å². The zero-order chi connectivity index (χ0) is 22.4. The van der Waals surface area contributed by atoms with Gasteiger partial charge in [-0.15, -0.1) is 5.92 Å². The van der Waals surface area contributed by atoms with Crippen molar-refractivity contribution in [2.24, 2.45) is 4.99 Å². The third kappa shape index (κ3) is 7.52. The second kappa shape index (κ2) is 9.90. The van der Waals surface area contributed by atoms with Crippen molar-refractivity contribution >= 4 is 29.4 Å². The van der Waals surface area contributed by atoms with Crippen molar-refractivity contribution in [2.75, 3.05) is 7.05 Å². The van der Waals surface area contributed by atoms with Gasteiger partial charge in [-0.1, -0.05) is 29.1 Å². The fourth-order valence-corrected chi connectivity index (χ4v) is 2.50. The molecule has 0 atom stereocenters. The van der Waals surface area contributed by atoms with Gasteiger partial charge in [-0.05, 0) is 37.3 Å². The summed E-state index contributed by atoms with van der Waals surface area (Å²) in [5.41, 5.74) is -2.50. The van der Waals surface area contributed by atoms with E-state index in [0.717, 1.165) is 0 Å². The highest BCUT2D eigenvalue weighted by molar-refractivity contribution is 6.36. The number of hydrogen-bond acceptors (Lipinski definition) is 2. The zero-order valence-electron chi connectivity index (χ0n) is 14.9. The first kappa shape index (κ1) is 24.7. The first-order chi connectivity index (χ1) is 13.3. The lowest BCUT2D eigenvalue weighted by molar-refractivity contribution is -0.143. The summed E-state index contributed by atoms with van der Waals surface area (Å²) >= 11 is 11.4. The van der Waals surface area contributed by atoms with Crippen molar-refractivity contribution in [1.82, 2.24) is 0 Å². The lowest BCUT2D eigenvalue weighted by Crippen LogP contribution is -2.11. The van der Waals surface area contributed by atoms with E-state index in [1.165, 1.54) is 19.2 Å². The van der Waals surface area contributed by atoms with Crippen LogP contribution in [0.3, 0.4) is 0 Å². The van der Waals surface area contributed by atoms with Crippen molar-refractivity contribution in [3.05, 3.63) is 62.6 Å². The maximum Gasteiger partial charge on any atom is 0.416 e. The maximum absolute atomic E-state index is 12.4. The van der Waals surface area contributed by atoms with Crippen LogP contribution in [0.5, 0.6) is 5.75 Å². The fourth-order valence-electron chi connectivity index (χ4n) is 1.99. The fraction of sp³-hybridized carbons (Fsp3) is 0.211. The molecule has 0 fully saturated rings. The van der Waals surface area contributed by atoms with Gasteiger partial charge in [0.2, 0.25) is 0 Å². The van der Waals surface area contributed by atoms with Gasteiger partial charge in [0, 0.05) is 29.4 Å². The van der Waals surface area contributed by atoms with E-state index in [1.54, 1.807) is 13.1 Å². The van der Waals surface area contributed by atoms with Gasteiger partial charge in [-0.2, -0.15) is 26.3 Å².